The number of carbonyl (C=O) groups excluding carboxylic acids is 3. The molecule has 0 aromatic heterocycles. The van der Waals surface area contributed by atoms with E-state index in [0.717, 1.165) is 16.7 Å². The number of rotatable bonds is 3. The fraction of sp³-hybridized carbons (Fsp3) is 0.235. The summed E-state index contributed by atoms with van der Waals surface area (Å²) in [5, 5.41) is 0. The van der Waals surface area contributed by atoms with Crippen molar-refractivity contribution in [2.24, 2.45) is 5.92 Å². The number of hydrogen-bond acceptors (Lipinski definition) is 4. The Hall–Kier alpha value is -2.49. The lowest BCUT2D eigenvalue weighted by Crippen LogP contribution is -2.34. The van der Waals surface area contributed by atoms with Gasteiger partial charge in [-0.1, -0.05) is 35.4 Å². The predicted octanol–water partition coefficient (Wildman–Crippen LogP) is 2.53. The third-order valence-corrected chi connectivity index (χ3v) is 3.10. The zero-order valence-electron chi connectivity index (χ0n) is 12.2. The van der Waals surface area contributed by atoms with E-state index in [9.17, 15) is 14.4 Å². The smallest absolute Gasteiger partial charge is 0.329 e. The number of carbonyl (C=O) groups is 3. The first kappa shape index (κ1) is 14.9. The van der Waals surface area contributed by atoms with Crippen molar-refractivity contribution in [1.29, 1.82) is 0 Å². The molecule has 1 aliphatic rings. The molecule has 21 heavy (non-hydrogen) atoms. The van der Waals surface area contributed by atoms with Crippen LogP contribution in [0.15, 0.2) is 36.1 Å². The van der Waals surface area contributed by atoms with Crippen LogP contribution in [-0.2, 0) is 19.1 Å². The van der Waals surface area contributed by atoms with Gasteiger partial charge in [0, 0.05) is 6.08 Å². The molecule has 0 amide bonds. The fourth-order valence-electron chi connectivity index (χ4n) is 2.28. The molecule has 4 nitrogen and oxygen atoms in total. The van der Waals surface area contributed by atoms with Gasteiger partial charge >= 0.3 is 5.97 Å². The highest BCUT2D eigenvalue weighted by Gasteiger charge is 2.36. The second kappa shape index (κ2) is 5.87. The van der Waals surface area contributed by atoms with E-state index >= 15 is 0 Å². The highest BCUT2D eigenvalue weighted by atomic mass is 16.5. The van der Waals surface area contributed by atoms with Gasteiger partial charge in [0.25, 0.3) is 0 Å². The molecule has 0 fully saturated rings. The third-order valence-electron chi connectivity index (χ3n) is 3.10. The lowest BCUT2D eigenvalue weighted by molar-refractivity contribution is -0.151. The van der Waals surface area contributed by atoms with Crippen LogP contribution >= 0.6 is 0 Å². The molecule has 0 aliphatic carbocycles. The van der Waals surface area contributed by atoms with Gasteiger partial charge in [0.1, 0.15) is 5.76 Å². The van der Waals surface area contributed by atoms with Crippen molar-refractivity contribution in [2.45, 2.75) is 20.8 Å². The molecule has 1 heterocycles. The van der Waals surface area contributed by atoms with Gasteiger partial charge < -0.3 is 4.74 Å². The van der Waals surface area contributed by atoms with Gasteiger partial charge in [-0.15, -0.1) is 0 Å². The quantitative estimate of drug-likeness (QED) is 0.486. The molecule has 0 saturated carbocycles. The van der Waals surface area contributed by atoms with Crippen LogP contribution in [-0.4, -0.2) is 17.5 Å². The van der Waals surface area contributed by atoms with E-state index in [-0.39, 0.29) is 5.76 Å². The zero-order valence-corrected chi connectivity index (χ0v) is 12.2. The van der Waals surface area contributed by atoms with Gasteiger partial charge in [-0.05, 0) is 32.4 Å². The van der Waals surface area contributed by atoms with E-state index in [1.807, 2.05) is 32.0 Å². The van der Waals surface area contributed by atoms with E-state index in [1.165, 1.54) is 19.1 Å². The molecule has 1 atom stereocenters. The van der Waals surface area contributed by atoms with E-state index in [1.54, 1.807) is 6.08 Å². The second-order valence-corrected chi connectivity index (χ2v) is 5.17. The zero-order chi connectivity index (χ0) is 15.6. The molecule has 4 heteroatoms. The van der Waals surface area contributed by atoms with Crippen molar-refractivity contribution in [3.8, 4) is 0 Å². The number of cyclic esters (lactones) is 1. The van der Waals surface area contributed by atoms with E-state index in [4.69, 9.17) is 4.74 Å². The van der Waals surface area contributed by atoms with E-state index < -0.39 is 23.5 Å². The maximum absolute atomic E-state index is 12.0. The molecule has 1 aromatic carbocycles. The molecule has 0 bridgehead atoms. The van der Waals surface area contributed by atoms with Crippen molar-refractivity contribution >= 4 is 23.6 Å². The summed E-state index contributed by atoms with van der Waals surface area (Å²) < 4.78 is 4.83. The molecule has 2 rings (SSSR count). The van der Waals surface area contributed by atoms with Crippen LogP contribution in [0.1, 0.15) is 23.6 Å². The average Bonchev–Trinajstić information content (AvgIpc) is 2.34. The molecular weight excluding hydrogens is 268 g/mol. The Kier molecular flexibility index (Phi) is 4.17. The minimum Gasteiger partial charge on any atom is -0.430 e. The fourth-order valence-corrected chi connectivity index (χ4v) is 2.28. The molecule has 0 radical (unpaired) electrons. The largest absolute Gasteiger partial charge is 0.430 e. The molecule has 0 spiro atoms. The number of ketones is 2. The summed E-state index contributed by atoms with van der Waals surface area (Å²) >= 11 is 0. The molecule has 1 aliphatic heterocycles. The van der Waals surface area contributed by atoms with Crippen molar-refractivity contribution in [3.05, 3.63) is 52.8 Å². The first-order valence-electron chi connectivity index (χ1n) is 6.61. The Morgan fingerprint density at radius 1 is 1.10 bits per heavy atom. The lowest BCUT2D eigenvalue weighted by Gasteiger charge is -2.15. The Morgan fingerprint density at radius 3 is 2.29 bits per heavy atom. The van der Waals surface area contributed by atoms with Crippen molar-refractivity contribution in [2.75, 3.05) is 0 Å². The first-order chi connectivity index (χ1) is 9.86. The van der Waals surface area contributed by atoms with Crippen LogP contribution in [0.25, 0.3) is 6.08 Å². The van der Waals surface area contributed by atoms with Gasteiger partial charge in [0.15, 0.2) is 17.5 Å². The molecular formula is C17H16O4. The summed E-state index contributed by atoms with van der Waals surface area (Å²) in [7, 11) is 0. The topological polar surface area (TPSA) is 60.4 Å². The number of aryl methyl sites for hydroxylation is 2. The van der Waals surface area contributed by atoms with Crippen LogP contribution < -0.4 is 0 Å². The first-order valence-corrected chi connectivity index (χ1v) is 6.61. The Morgan fingerprint density at radius 2 is 1.71 bits per heavy atom. The van der Waals surface area contributed by atoms with Gasteiger partial charge in [-0.2, -0.15) is 0 Å². The maximum Gasteiger partial charge on any atom is 0.329 e. The number of benzene rings is 1. The van der Waals surface area contributed by atoms with Crippen LogP contribution in [0.4, 0.5) is 0 Å². The van der Waals surface area contributed by atoms with Gasteiger partial charge in [0.05, 0.1) is 0 Å². The normalized spacial score (nSPS) is 18.6. The summed E-state index contributed by atoms with van der Waals surface area (Å²) in [5.41, 5.74) is 3.01. The predicted molar refractivity (Wildman–Crippen MR) is 78.3 cm³/mol. The third kappa shape index (κ3) is 3.54. The number of hydrogen-bond donors (Lipinski definition) is 0. The van der Waals surface area contributed by atoms with Crippen LogP contribution in [0, 0.1) is 19.8 Å². The summed E-state index contributed by atoms with van der Waals surface area (Å²) in [5.74, 6) is -3.06. The summed E-state index contributed by atoms with van der Waals surface area (Å²) in [6.07, 6.45) is 4.04. The van der Waals surface area contributed by atoms with Crippen LogP contribution in [0.2, 0.25) is 0 Å². The molecule has 108 valence electrons. The minimum absolute atomic E-state index is 0.215. The Bertz CT molecular complexity index is 660. The highest BCUT2D eigenvalue weighted by Crippen LogP contribution is 2.17. The number of esters is 1. The van der Waals surface area contributed by atoms with E-state index in [2.05, 4.69) is 0 Å². The van der Waals surface area contributed by atoms with Crippen LogP contribution in [0.3, 0.4) is 0 Å². The number of allylic oxidation sites excluding steroid dienone is 3. The monoisotopic (exact) mass is 284 g/mol. The van der Waals surface area contributed by atoms with Crippen molar-refractivity contribution in [3.63, 3.8) is 0 Å². The van der Waals surface area contributed by atoms with Crippen LogP contribution in [0.5, 0.6) is 0 Å². The van der Waals surface area contributed by atoms with Gasteiger partial charge in [-0.25, -0.2) is 0 Å². The van der Waals surface area contributed by atoms with E-state index in [0.29, 0.717) is 0 Å². The standard InChI is InChI=1S/C17H16O4/c1-10-6-11(2)8-13(7-10)4-5-14(18)16-15(19)9-12(3)21-17(16)20/h4-9,16H,1-3H3/b5-4+. The highest BCUT2D eigenvalue weighted by molar-refractivity contribution is 6.25. The molecule has 0 N–H and O–H groups in total. The van der Waals surface area contributed by atoms with Gasteiger partial charge in [-0.3, -0.25) is 14.4 Å². The summed E-state index contributed by atoms with van der Waals surface area (Å²) in [6.45, 7) is 5.42. The molecule has 1 aromatic rings. The van der Waals surface area contributed by atoms with Crippen molar-refractivity contribution < 1.29 is 19.1 Å². The molecule has 0 saturated heterocycles. The lowest BCUT2D eigenvalue weighted by atomic mass is 9.95. The summed E-state index contributed by atoms with van der Waals surface area (Å²) in [6, 6.07) is 5.86. The Balaban J connectivity index is 2.19. The van der Waals surface area contributed by atoms with Gasteiger partial charge in [0.2, 0.25) is 0 Å². The second-order valence-electron chi connectivity index (χ2n) is 5.17. The van der Waals surface area contributed by atoms with Crippen molar-refractivity contribution in [1.82, 2.24) is 0 Å². The SMILES string of the molecule is CC1=CC(=O)C(C(=O)/C=C/c2cc(C)cc(C)c2)C(=O)O1. The minimum atomic E-state index is -1.38. The maximum atomic E-state index is 12.0. The molecule has 1 unspecified atom stereocenters. The number of ether oxygens (including phenoxy) is 1. The Labute approximate surface area is 123 Å². The summed E-state index contributed by atoms with van der Waals surface area (Å²) in [4.78, 5) is 35.4. The average molecular weight is 284 g/mol.